The highest BCUT2D eigenvalue weighted by atomic mass is 15.2. The molecular weight excluding hydrogens is 1100 g/mol. The van der Waals surface area contributed by atoms with Gasteiger partial charge in [-0.15, -0.1) is 0 Å². The first-order chi connectivity index (χ1) is 44.9. The zero-order valence-electron chi connectivity index (χ0n) is 50.1. The van der Waals surface area contributed by atoms with Crippen LogP contribution in [0.15, 0.2) is 303 Å². The zero-order chi connectivity index (χ0) is 60.1. The predicted molar refractivity (Wildman–Crippen MR) is 379 cm³/mol. The molecule has 91 heavy (non-hydrogen) atoms. The number of hydrogen-bond donors (Lipinski definition) is 0. The molecule has 13 aromatic carbocycles. The third-order valence-corrected chi connectivity index (χ3v) is 19.6. The lowest BCUT2D eigenvalue weighted by molar-refractivity contribution is 0.661. The van der Waals surface area contributed by atoms with Gasteiger partial charge in [0.05, 0.1) is 55.5 Å². The third kappa shape index (κ3) is 7.73. The van der Waals surface area contributed by atoms with E-state index in [4.69, 9.17) is 9.97 Å². The Hall–Kier alpha value is -11.9. The minimum absolute atomic E-state index is 0.185. The SMILES string of the molecule is CC1(C)c2ccccc2-c2cc3c4ccccc4n(-c4nc(-c5ccccc5)cc(-c5cccc(-n6c7ccc(-c8ccc9c(c8)c8ccccc8n9-c8ccccc8)cc7c7cc(-c8ccc9c(c8)c8ccccc8n9-c8ccccc8)ccc76)c5)n4)c3cc21. The van der Waals surface area contributed by atoms with Crippen LogP contribution in [0.1, 0.15) is 25.0 Å². The van der Waals surface area contributed by atoms with Crippen LogP contribution in [0.25, 0.3) is 166 Å². The van der Waals surface area contributed by atoms with E-state index in [1.54, 1.807) is 0 Å². The maximum absolute atomic E-state index is 5.64. The van der Waals surface area contributed by atoms with E-state index in [1.807, 2.05) is 0 Å². The van der Waals surface area contributed by atoms with Crippen LogP contribution in [0, 0.1) is 0 Å². The second kappa shape index (κ2) is 19.6. The molecule has 0 unspecified atom stereocenters. The Bertz CT molecular complexity index is 5820. The highest BCUT2D eigenvalue weighted by molar-refractivity contribution is 6.16. The lowest BCUT2D eigenvalue weighted by Crippen LogP contribution is -2.15. The number of para-hydroxylation sites is 5. The van der Waals surface area contributed by atoms with Crippen LogP contribution in [0.2, 0.25) is 0 Å². The van der Waals surface area contributed by atoms with Crippen molar-refractivity contribution in [3.63, 3.8) is 0 Å². The van der Waals surface area contributed by atoms with E-state index in [-0.39, 0.29) is 5.41 Å². The van der Waals surface area contributed by atoms with Crippen molar-refractivity contribution < 1.29 is 0 Å². The molecule has 6 nitrogen and oxygen atoms in total. The molecule has 0 spiro atoms. The average Bonchev–Trinajstić information content (AvgIpc) is 1.59. The van der Waals surface area contributed by atoms with E-state index in [0.29, 0.717) is 5.95 Å². The monoisotopic (exact) mass is 1160 g/mol. The lowest BCUT2D eigenvalue weighted by Gasteiger charge is -2.21. The van der Waals surface area contributed by atoms with Crippen molar-refractivity contribution in [3.05, 3.63) is 314 Å². The van der Waals surface area contributed by atoms with Crippen molar-refractivity contribution in [2.45, 2.75) is 19.3 Å². The molecule has 0 saturated heterocycles. The zero-order valence-corrected chi connectivity index (χ0v) is 50.1. The van der Waals surface area contributed by atoms with Gasteiger partial charge in [0.2, 0.25) is 5.95 Å². The number of aromatic nitrogens is 6. The van der Waals surface area contributed by atoms with E-state index in [9.17, 15) is 0 Å². The summed E-state index contributed by atoms with van der Waals surface area (Å²) in [4.78, 5) is 11.1. The van der Waals surface area contributed by atoms with Crippen LogP contribution in [-0.4, -0.2) is 28.2 Å². The molecule has 5 heterocycles. The summed E-state index contributed by atoms with van der Waals surface area (Å²) in [6.07, 6.45) is 0. The quantitative estimate of drug-likeness (QED) is 0.152. The molecule has 0 N–H and O–H groups in total. The minimum Gasteiger partial charge on any atom is -0.309 e. The molecule has 1 aliphatic carbocycles. The first-order valence-corrected chi connectivity index (χ1v) is 31.4. The molecule has 19 rings (SSSR count). The number of rotatable bonds is 8. The average molecular weight is 1160 g/mol. The summed E-state index contributed by atoms with van der Waals surface area (Å²) >= 11 is 0. The third-order valence-electron chi connectivity index (χ3n) is 19.6. The summed E-state index contributed by atoms with van der Waals surface area (Å²) in [5, 5.41) is 9.62. The van der Waals surface area contributed by atoms with Gasteiger partial charge in [-0.1, -0.05) is 196 Å². The summed E-state index contributed by atoms with van der Waals surface area (Å²) in [6, 6.07) is 111. The van der Waals surface area contributed by atoms with Gasteiger partial charge in [0.15, 0.2) is 0 Å². The Balaban J connectivity index is 0.801. The van der Waals surface area contributed by atoms with Crippen molar-refractivity contribution in [1.82, 2.24) is 28.2 Å². The largest absolute Gasteiger partial charge is 0.309 e. The minimum atomic E-state index is -0.185. The smallest absolute Gasteiger partial charge is 0.235 e. The molecule has 0 aliphatic heterocycles. The standard InChI is InChI=1S/C85H56N6/c1-85(2)72-33-16-12-29-62(72)66-50-71-65-32-15-19-36-78(65)91(83(71)51-73(66)85)84-86-74(53-21-6-3-7-22-53)52-75(87-84)58-23-20-28-61(45-58)90-81-43-39-56(54-37-41-79-67(46-54)63-30-13-17-34-76(63)88(79)59-24-8-4-9-25-59)48-69(81)70-49-57(40-44-82(70)90)55-38-42-80-68(47-55)64-31-14-18-35-77(64)89(80)60-26-10-5-11-27-60/h3-52H,1-2H3. The fourth-order valence-electron chi connectivity index (χ4n) is 15.3. The van der Waals surface area contributed by atoms with Crippen LogP contribution >= 0.6 is 0 Å². The Labute approximate surface area is 525 Å². The topological polar surface area (TPSA) is 45.5 Å². The van der Waals surface area contributed by atoms with Crippen LogP contribution in [0.4, 0.5) is 0 Å². The summed E-state index contributed by atoms with van der Waals surface area (Å²) < 4.78 is 9.52. The maximum atomic E-state index is 5.64. The van der Waals surface area contributed by atoms with Crippen molar-refractivity contribution in [3.8, 4) is 78.9 Å². The lowest BCUT2D eigenvalue weighted by atomic mass is 9.82. The van der Waals surface area contributed by atoms with Gasteiger partial charge >= 0.3 is 0 Å². The summed E-state index contributed by atoms with van der Waals surface area (Å²) in [7, 11) is 0. The van der Waals surface area contributed by atoms with E-state index < -0.39 is 0 Å². The van der Waals surface area contributed by atoms with Gasteiger partial charge in [-0.05, 0) is 166 Å². The Morgan fingerprint density at radius 1 is 0.231 bits per heavy atom. The van der Waals surface area contributed by atoms with Gasteiger partial charge in [-0.25, -0.2) is 9.97 Å². The molecule has 426 valence electrons. The number of benzene rings is 13. The van der Waals surface area contributed by atoms with Gasteiger partial charge < -0.3 is 13.7 Å². The van der Waals surface area contributed by atoms with Crippen molar-refractivity contribution in [2.24, 2.45) is 0 Å². The molecular formula is C85H56N6. The highest BCUT2D eigenvalue weighted by Gasteiger charge is 2.36. The van der Waals surface area contributed by atoms with E-state index >= 15 is 0 Å². The van der Waals surface area contributed by atoms with Gasteiger partial charge in [0, 0.05) is 76.7 Å². The molecule has 0 fully saturated rings. The van der Waals surface area contributed by atoms with Gasteiger partial charge in [-0.2, -0.15) is 0 Å². The highest BCUT2D eigenvalue weighted by Crippen LogP contribution is 2.51. The number of fused-ring (bicyclic) bond motifs is 15. The van der Waals surface area contributed by atoms with Crippen LogP contribution in [0.5, 0.6) is 0 Å². The van der Waals surface area contributed by atoms with Crippen LogP contribution in [-0.2, 0) is 5.41 Å². The Morgan fingerprint density at radius 3 is 1.14 bits per heavy atom. The predicted octanol–water partition coefficient (Wildman–Crippen LogP) is 21.8. The fraction of sp³-hybridized carbons (Fsp3) is 0.0353. The number of hydrogen-bond acceptors (Lipinski definition) is 2. The molecule has 18 aromatic rings. The summed E-state index contributed by atoms with van der Waals surface area (Å²) in [5.41, 5.74) is 25.9. The van der Waals surface area contributed by atoms with Crippen LogP contribution in [0.3, 0.4) is 0 Å². The fourth-order valence-corrected chi connectivity index (χ4v) is 15.3. The first-order valence-electron chi connectivity index (χ1n) is 31.4. The van der Waals surface area contributed by atoms with Gasteiger partial charge in [-0.3, -0.25) is 4.57 Å². The molecule has 0 radical (unpaired) electrons. The summed E-state index contributed by atoms with van der Waals surface area (Å²) in [5.74, 6) is 0.629. The molecule has 0 amide bonds. The summed E-state index contributed by atoms with van der Waals surface area (Å²) in [6.45, 7) is 4.70. The van der Waals surface area contributed by atoms with Crippen molar-refractivity contribution in [1.29, 1.82) is 0 Å². The number of nitrogens with zero attached hydrogens (tertiary/aromatic N) is 6. The molecule has 1 aliphatic rings. The molecule has 5 aromatic heterocycles. The second-order valence-corrected chi connectivity index (χ2v) is 24.9. The van der Waals surface area contributed by atoms with E-state index in [1.165, 1.54) is 98.5 Å². The van der Waals surface area contributed by atoms with Crippen LogP contribution < -0.4 is 0 Å². The van der Waals surface area contributed by atoms with Gasteiger partial charge in [0.25, 0.3) is 0 Å². The van der Waals surface area contributed by atoms with Crippen molar-refractivity contribution >= 4 is 87.2 Å². The maximum Gasteiger partial charge on any atom is 0.235 e. The van der Waals surface area contributed by atoms with Crippen molar-refractivity contribution in [2.75, 3.05) is 0 Å². The molecule has 0 bridgehead atoms. The normalized spacial score (nSPS) is 12.8. The second-order valence-electron chi connectivity index (χ2n) is 24.9. The van der Waals surface area contributed by atoms with E-state index in [2.05, 4.69) is 335 Å². The molecule has 6 heteroatoms. The first kappa shape index (κ1) is 51.2. The van der Waals surface area contributed by atoms with Gasteiger partial charge in [0.1, 0.15) is 0 Å². The Morgan fingerprint density at radius 2 is 0.615 bits per heavy atom. The molecule has 0 saturated carbocycles. The van der Waals surface area contributed by atoms with E-state index in [0.717, 1.165) is 72.8 Å². The molecule has 0 atom stereocenters. The Kier molecular flexibility index (Phi) is 11.0.